The summed E-state index contributed by atoms with van der Waals surface area (Å²) >= 11 is 0. The van der Waals surface area contributed by atoms with Crippen molar-refractivity contribution < 1.29 is 23.9 Å². The van der Waals surface area contributed by atoms with Gasteiger partial charge in [-0.3, -0.25) is 19.4 Å². The van der Waals surface area contributed by atoms with Gasteiger partial charge < -0.3 is 19.3 Å². The van der Waals surface area contributed by atoms with Crippen molar-refractivity contribution >= 4 is 23.4 Å². The number of nitrogens with zero attached hydrogens (tertiary/aromatic N) is 5. The molecule has 0 spiro atoms. The van der Waals surface area contributed by atoms with E-state index in [0.29, 0.717) is 44.5 Å². The third-order valence-corrected chi connectivity index (χ3v) is 6.30. The van der Waals surface area contributed by atoms with Crippen LogP contribution in [0.4, 0.5) is 0 Å². The molecule has 0 N–H and O–H groups in total. The fraction of sp³-hybridized carbons (Fsp3) is 0.609. The Bertz CT molecular complexity index is 886. The minimum atomic E-state index is -0.344. The molecule has 0 radical (unpaired) electrons. The minimum absolute atomic E-state index is 0.0223. The molecule has 0 aliphatic carbocycles. The van der Waals surface area contributed by atoms with Gasteiger partial charge >= 0.3 is 0 Å². The Kier molecular flexibility index (Phi) is 7.66. The molecule has 3 aliphatic heterocycles. The summed E-state index contributed by atoms with van der Waals surface area (Å²) in [6.45, 7) is 3.09. The molecule has 4 heterocycles. The molecule has 0 saturated carbocycles. The van der Waals surface area contributed by atoms with Gasteiger partial charge in [0.05, 0.1) is 12.7 Å². The van der Waals surface area contributed by atoms with E-state index < -0.39 is 0 Å². The number of amides is 3. The van der Waals surface area contributed by atoms with Crippen molar-refractivity contribution in [2.24, 2.45) is 11.0 Å². The van der Waals surface area contributed by atoms with Gasteiger partial charge in [-0.15, -0.1) is 0 Å². The lowest BCUT2D eigenvalue weighted by Gasteiger charge is -2.30. The summed E-state index contributed by atoms with van der Waals surface area (Å²) in [5, 5.41) is 5.35. The molecule has 3 amide bonds. The molecule has 0 aromatic carbocycles. The second-order valence-corrected chi connectivity index (χ2v) is 8.80. The van der Waals surface area contributed by atoms with E-state index in [9.17, 15) is 14.4 Å². The number of carbonyl (C=O) groups is 3. The Morgan fingerprint density at radius 3 is 2.73 bits per heavy atom. The number of hydrogen-bond donors (Lipinski definition) is 0. The predicted molar refractivity (Wildman–Crippen MR) is 119 cm³/mol. The first-order chi connectivity index (χ1) is 16.0. The molecule has 4 rings (SSSR count). The molecule has 1 aromatic heterocycles. The Hall–Kier alpha value is -2.85. The van der Waals surface area contributed by atoms with Gasteiger partial charge in [0.1, 0.15) is 12.3 Å². The molecular weight excluding hydrogens is 426 g/mol. The molecule has 2 saturated heterocycles. The number of pyridine rings is 1. The van der Waals surface area contributed by atoms with Crippen LogP contribution in [-0.2, 0) is 30.5 Å². The number of hydrazone groups is 1. The van der Waals surface area contributed by atoms with Gasteiger partial charge in [0, 0.05) is 65.1 Å². The molecule has 0 unspecified atom stereocenters. The van der Waals surface area contributed by atoms with Gasteiger partial charge in [-0.1, -0.05) is 6.07 Å². The molecule has 0 bridgehead atoms. The van der Waals surface area contributed by atoms with Crippen molar-refractivity contribution in [1.82, 2.24) is 19.8 Å². The molecule has 3 aliphatic rings. The topological polar surface area (TPSA) is 105 Å². The maximum absolute atomic E-state index is 13.2. The van der Waals surface area contributed by atoms with Crippen LogP contribution >= 0.6 is 0 Å². The Labute approximate surface area is 193 Å². The van der Waals surface area contributed by atoms with Gasteiger partial charge in [-0.2, -0.15) is 5.10 Å². The van der Waals surface area contributed by atoms with E-state index in [1.807, 2.05) is 17.0 Å². The molecule has 2 fully saturated rings. The summed E-state index contributed by atoms with van der Waals surface area (Å²) in [5.41, 5.74) is 1.23. The second-order valence-electron chi connectivity index (χ2n) is 8.80. The lowest BCUT2D eigenvalue weighted by atomic mass is 9.99. The first kappa shape index (κ1) is 23.3. The third kappa shape index (κ3) is 6.14. The van der Waals surface area contributed by atoms with E-state index in [0.717, 1.165) is 18.4 Å². The Morgan fingerprint density at radius 2 is 2.00 bits per heavy atom. The highest BCUT2D eigenvalue weighted by Gasteiger charge is 2.35. The second kappa shape index (κ2) is 10.8. The van der Waals surface area contributed by atoms with E-state index in [4.69, 9.17) is 9.47 Å². The van der Waals surface area contributed by atoms with Crippen molar-refractivity contribution in [2.75, 3.05) is 46.4 Å². The van der Waals surface area contributed by atoms with E-state index in [1.54, 1.807) is 12.4 Å². The highest BCUT2D eigenvalue weighted by Crippen LogP contribution is 2.20. The fourth-order valence-corrected chi connectivity index (χ4v) is 4.36. The standard InChI is InChI=1S/C23H31N5O5/c1-26-21(29)5-4-20(25-26)23(31)28-14-19(33-16-18-3-2-8-24-11-18)13-27(22(30)15-28)12-17-6-9-32-10-7-17/h2-3,8,11,17,19H,4-7,9-10,12-16H2,1H3/t19-/m0/s1. The lowest BCUT2D eigenvalue weighted by Crippen LogP contribution is -2.45. The van der Waals surface area contributed by atoms with Crippen LogP contribution in [0.5, 0.6) is 0 Å². The van der Waals surface area contributed by atoms with Gasteiger partial charge in [-0.25, -0.2) is 5.01 Å². The molecule has 178 valence electrons. The third-order valence-electron chi connectivity index (χ3n) is 6.30. The zero-order valence-electron chi connectivity index (χ0n) is 19.0. The van der Waals surface area contributed by atoms with E-state index in [1.165, 1.54) is 17.0 Å². The lowest BCUT2D eigenvalue weighted by molar-refractivity contribution is -0.136. The highest BCUT2D eigenvalue weighted by atomic mass is 16.5. The van der Waals surface area contributed by atoms with Crippen LogP contribution in [-0.4, -0.2) is 95.8 Å². The zero-order valence-corrected chi connectivity index (χ0v) is 19.0. The fourth-order valence-electron chi connectivity index (χ4n) is 4.36. The van der Waals surface area contributed by atoms with Crippen LogP contribution in [0.15, 0.2) is 29.6 Å². The molecule has 10 heteroatoms. The number of aromatic nitrogens is 1. The minimum Gasteiger partial charge on any atom is -0.381 e. The largest absolute Gasteiger partial charge is 0.381 e. The number of hydrogen-bond acceptors (Lipinski definition) is 7. The Balaban J connectivity index is 1.48. The van der Waals surface area contributed by atoms with Gasteiger partial charge in [0.25, 0.3) is 5.91 Å². The predicted octanol–water partition coefficient (Wildman–Crippen LogP) is 0.672. The van der Waals surface area contributed by atoms with E-state index in [-0.39, 0.29) is 49.8 Å². The van der Waals surface area contributed by atoms with Crippen LogP contribution in [0.3, 0.4) is 0 Å². The summed E-state index contributed by atoms with van der Waals surface area (Å²) in [4.78, 5) is 45.6. The smallest absolute Gasteiger partial charge is 0.270 e. The van der Waals surface area contributed by atoms with Crippen molar-refractivity contribution in [1.29, 1.82) is 0 Å². The van der Waals surface area contributed by atoms with E-state index in [2.05, 4.69) is 10.1 Å². The maximum Gasteiger partial charge on any atom is 0.270 e. The van der Waals surface area contributed by atoms with Gasteiger partial charge in [-0.05, 0) is 30.4 Å². The number of rotatable bonds is 6. The number of ether oxygens (including phenoxy) is 2. The van der Waals surface area contributed by atoms with Crippen molar-refractivity contribution in [3.63, 3.8) is 0 Å². The summed E-state index contributed by atoms with van der Waals surface area (Å²) in [6.07, 6.45) is 5.46. The van der Waals surface area contributed by atoms with Gasteiger partial charge in [0.15, 0.2) is 0 Å². The normalized spacial score (nSPS) is 22.9. The molecule has 1 aromatic rings. The van der Waals surface area contributed by atoms with Crippen molar-refractivity contribution in [3.05, 3.63) is 30.1 Å². The molecule has 33 heavy (non-hydrogen) atoms. The summed E-state index contributed by atoms with van der Waals surface area (Å²) < 4.78 is 11.6. The zero-order chi connectivity index (χ0) is 23.2. The summed E-state index contributed by atoms with van der Waals surface area (Å²) in [7, 11) is 1.54. The monoisotopic (exact) mass is 457 g/mol. The Morgan fingerprint density at radius 1 is 1.18 bits per heavy atom. The van der Waals surface area contributed by atoms with Crippen LogP contribution in [0.2, 0.25) is 0 Å². The van der Waals surface area contributed by atoms with Crippen LogP contribution in [0, 0.1) is 5.92 Å². The van der Waals surface area contributed by atoms with E-state index >= 15 is 0 Å². The highest BCUT2D eigenvalue weighted by molar-refractivity contribution is 6.39. The average molecular weight is 458 g/mol. The first-order valence-corrected chi connectivity index (χ1v) is 11.5. The number of carbonyl (C=O) groups excluding carboxylic acids is 3. The van der Waals surface area contributed by atoms with Gasteiger partial charge in [0.2, 0.25) is 11.8 Å². The average Bonchev–Trinajstić information content (AvgIpc) is 2.99. The summed E-state index contributed by atoms with van der Waals surface area (Å²) in [6, 6.07) is 3.78. The van der Waals surface area contributed by atoms with Crippen molar-refractivity contribution in [2.45, 2.75) is 38.4 Å². The van der Waals surface area contributed by atoms with Crippen LogP contribution in [0.1, 0.15) is 31.2 Å². The summed E-state index contributed by atoms with van der Waals surface area (Å²) in [5.74, 6) is -0.154. The van der Waals surface area contributed by atoms with Crippen molar-refractivity contribution in [3.8, 4) is 0 Å². The quantitative estimate of drug-likeness (QED) is 0.622. The molecular formula is C23H31N5O5. The molecule has 1 atom stereocenters. The van der Waals surface area contributed by atoms with Crippen LogP contribution in [0.25, 0.3) is 0 Å². The van der Waals surface area contributed by atoms with Crippen LogP contribution < -0.4 is 0 Å². The maximum atomic E-state index is 13.2. The molecule has 10 nitrogen and oxygen atoms in total. The first-order valence-electron chi connectivity index (χ1n) is 11.5. The SMILES string of the molecule is CN1N=C(C(=O)N2CC(=O)N(CC3CCOCC3)C[C@H](OCc3cccnc3)C2)CCC1=O.